The average Bonchev–Trinajstić information content (AvgIpc) is 2.92. The Morgan fingerprint density at radius 1 is 1.26 bits per heavy atom. The standard InChI is InChI=1S/C18H20N2O3/c1-2-12-4-3-5-15-14-7-6-13(10-16(14)20-18(12)15)19-17(22)11-23-9-8-21/h3-7,10,20-21H,2,8-9,11H2,1H3,(H,19,22). The van der Waals surface area contributed by atoms with Crippen LogP contribution in [0.4, 0.5) is 5.69 Å². The molecular formula is C18H20N2O3. The van der Waals surface area contributed by atoms with Gasteiger partial charge in [0.25, 0.3) is 0 Å². The van der Waals surface area contributed by atoms with E-state index in [1.54, 1.807) is 0 Å². The van der Waals surface area contributed by atoms with Crippen molar-refractivity contribution < 1.29 is 14.6 Å². The quantitative estimate of drug-likeness (QED) is 0.613. The van der Waals surface area contributed by atoms with Gasteiger partial charge in [-0.25, -0.2) is 0 Å². The van der Waals surface area contributed by atoms with E-state index in [0.717, 1.165) is 28.5 Å². The zero-order valence-corrected chi connectivity index (χ0v) is 13.1. The summed E-state index contributed by atoms with van der Waals surface area (Å²) in [6.45, 7) is 2.14. The van der Waals surface area contributed by atoms with E-state index in [4.69, 9.17) is 9.84 Å². The van der Waals surface area contributed by atoms with E-state index in [1.165, 1.54) is 10.9 Å². The number of nitrogens with one attached hydrogen (secondary N) is 2. The van der Waals surface area contributed by atoms with Gasteiger partial charge in [0, 0.05) is 27.5 Å². The summed E-state index contributed by atoms with van der Waals surface area (Å²) in [5, 5.41) is 13.8. The number of amides is 1. The maximum atomic E-state index is 11.8. The van der Waals surface area contributed by atoms with E-state index in [-0.39, 0.29) is 25.7 Å². The summed E-state index contributed by atoms with van der Waals surface area (Å²) in [6, 6.07) is 12.1. The van der Waals surface area contributed by atoms with Gasteiger partial charge < -0.3 is 20.1 Å². The van der Waals surface area contributed by atoms with Crippen molar-refractivity contribution in [1.82, 2.24) is 4.98 Å². The SMILES string of the molecule is CCc1cccc2c1[nH]c1cc(NC(=O)COCCO)ccc12. The molecule has 1 amide bonds. The molecule has 1 aromatic heterocycles. The van der Waals surface area contributed by atoms with Gasteiger partial charge in [-0.05, 0) is 24.1 Å². The first-order valence-corrected chi connectivity index (χ1v) is 7.74. The molecule has 0 fully saturated rings. The van der Waals surface area contributed by atoms with Crippen LogP contribution in [0.5, 0.6) is 0 Å². The Kier molecular flexibility index (Phi) is 4.60. The van der Waals surface area contributed by atoms with Crippen molar-refractivity contribution in [2.24, 2.45) is 0 Å². The highest BCUT2D eigenvalue weighted by atomic mass is 16.5. The molecule has 0 aliphatic heterocycles. The lowest BCUT2D eigenvalue weighted by Gasteiger charge is -2.05. The van der Waals surface area contributed by atoms with E-state index in [9.17, 15) is 4.79 Å². The molecule has 1 heterocycles. The van der Waals surface area contributed by atoms with Crippen molar-refractivity contribution >= 4 is 33.4 Å². The number of aromatic nitrogens is 1. The Bertz CT molecular complexity index is 839. The second-order valence-corrected chi connectivity index (χ2v) is 5.40. The largest absolute Gasteiger partial charge is 0.394 e. The van der Waals surface area contributed by atoms with Crippen LogP contribution in [0.1, 0.15) is 12.5 Å². The van der Waals surface area contributed by atoms with Crippen molar-refractivity contribution in [3.05, 3.63) is 42.0 Å². The summed E-state index contributed by atoms with van der Waals surface area (Å²) in [5.74, 6) is -0.233. The normalized spacial score (nSPS) is 11.2. The minimum absolute atomic E-state index is 0.0642. The third-order valence-electron chi connectivity index (χ3n) is 3.85. The lowest BCUT2D eigenvalue weighted by Crippen LogP contribution is -2.19. The maximum Gasteiger partial charge on any atom is 0.250 e. The molecule has 0 spiro atoms. The van der Waals surface area contributed by atoms with Crippen LogP contribution < -0.4 is 5.32 Å². The smallest absolute Gasteiger partial charge is 0.250 e. The first-order valence-electron chi connectivity index (χ1n) is 7.74. The van der Waals surface area contributed by atoms with Gasteiger partial charge in [0.15, 0.2) is 0 Å². The Morgan fingerprint density at radius 3 is 2.91 bits per heavy atom. The van der Waals surface area contributed by atoms with Crippen LogP contribution in [-0.4, -0.2) is 35.8 Å². The minimum Gasteiger partial charge on any atom is -0.394 e. The van der Waals surface area contributed by atoms with E-state index in [2.05, 4.69) is 35.4 Å². The van der Waals surface area contributed by atoms with E-state index in [1.807, 2.05) is 18.2 Å². The highest BCUT2D eigenvalue weighted by Gasteiger charge is 2.09. The second kappa shape index (κ2) is 6.81. The van der Waals surface area contributed by atoms with Gasteiger partial charge in [0.2, 0.25) is 5.91 Å². The minimum atomic E-state index is -0.233. The molecule has 3 aromatic rings. The number of H-pyrrole nitrogens is 1. The van der Waals surface area contributed by atoms with Gasteiger partial charge in [-0.2, -0.15) is 0 Å². The van der Waals surface area contributed by atoms with Gasteiger partial charge in [-0.15, -0.1) is 0 Å². The summed E-state index contributed by atoms with van der Waals surface area (Å²) in [5.41, 5.74) is 4.15. The average molecular weight is 312 g/mol. The number of benzene rings is 2. The van der Waals surface area contributed by atoms with Crippen LogP contribution in [0.25, 0.3) is 21.8 Å². The number of para-hydroxylation sites is 1. The van der Waals surface area contributed by atoms with Gasteiger partial charge >= 0.3 is 0 Å². The number of hydrogen-bond donors (Lipinski definition) is 3. The number of aliphatic hydroxyl groups is 1. The summed E-state index contributed by atoms with van der Waals surface area (Å²) < 4.78 is 5.01. The number of hydrogen-bond acceptors (Lipinski definition) is 3. The summed E-state index contributed by atoms with van der Waals surface area (Å²) in [6.07, 6.45) is 0.968. The summed E-state index contributed by atoms with van der Waals surface area (Å²) in [7, 11) is 0. The fourth-order valence-electron chi connectivity index (χ4n) is 2.79. The van der Waals surface area contributed by atoms with Crippen LogP contribution in [0, 0.1) is 0 Å². The molecule has 3 rings (SSSR count). The topological polar surface area (TPSA) is 74.4 Å². The number of anilines is 1. The van der Waals surface area contributed by atoms with Crippen LogP contribution in [0.2, 0.25) is 0 Å². The zero-order chi connectivity index (χ0) is 16.2. The molecule has 0 unspecified atom stereocenters. The second-order valence-electron chi connectivity index (χ2n) is 5.40. The molecular weight excluding hydrogens is 292 g/mol. The van der Waals surface area contributed by atoms with Crippen molar-refractivity contribution in [1.29, 1.82) is 0 Å². The summed E-state index contributed by atoms with van der Waals surface area (Å²) in [4.78, 5) is 15.2. The lowest BCUT2D eigenvalue weighted by molar-refractivity contribution is -0.120. The molecule has 0 saturated carbocycles. The van der Waals surface area contributed by atoms with E-state index < -0.39 is 0 Å². The third-order valence-corrected chi connectivity index (χ3v) is 3.85. The Balaban J connectivity index is 1.87. The third kappa shape index (κ3) is 3.21. The number of ether oxygens (including phenoxy) is 1. The number of fused-ring (bicyclic) bond motifs is 3. The predicted octanol–water partition coefficient (Wildman–Crippen LogP) is 2.83. The zero-order valence-electron chi connectivity index (χ0n) is 13.1. The Hall–Kier alpha value is -2.37. The highest BCUT2D eigenvalue weighted by Crippen LogP contribution is 2.29. The summed E-state index contributed by atoms with van der Waals surface area (Å²) >= 11 is 0. The maximum absolute atomic E-state index is 11.8. The molecule has 0 bridgehead atoms. The number of carbonyl (C=O) groups excluding carboxylic acids is 1. The van der Waals surface area contributed by atoms with Crippen molar-refractivity contribution in [3.8, 4) is 0 Å². The molecule has 23 heavy (non-hydrogen) atoms. The number of aryl methyl sites for hydroxylation is 1. The van der Waals surface area contributed by atoms with Crippen LogP contribution in [0.3, 0.4) is 0 Å². The van der Waals surface area contributed by atoms with Crippen LogP contribution >= 0.6 is 0 Å². The molecule has 3 N–H and O–H groups in total. The number of aromatic amines is 1. The van der Waals surface area contributed by atoms with Crippen molar-refractivity contribution in [2.45, 2.75) is 13.3 Å². The molecule has 2 aromatic carbocycles. The molecule has 0 saturated heterocycles. The van der Waals surface area contributed by atoms with Crippen molar-refractivity contribution in [3.63, 3.8) is 0 Å². The van der Waals surface area contributed by atoms with Crippen molar-refractivity contribution in [2.75, 3.05) is 25.1 Å². The van der Waals surface area contributed by atoms with Crippen LogP contribution in [0.15, 0.2) is 36.4 Å². The Morgan fingerprint density at radius 2 is 2.13 bits per heavy atom. The number of rotatable bonds is 6. The number of carbonyl (C=O) groups is 1. The van der Waals surface area contributed by atoms with E-state index in [0.29, 0.717) is 0 Å². The van der Waals surface area contributed by atoms with Crippen LogP contribution in [-0.2, 0) is 16.0 Å². The van der Waals surface area contributed by atoms with Gasteiger partial charge in [0.1, 0.15) is 6.61 Å². The highest BCUT2D eigenvalue weighted by molar-refractivity contribution is 6.09. The first-order chi connectivity index (χ1) is 11.2. The molecule has 5 nitrogen and oxygen atoms in total. The predicted molar refractivity (Wildman–Crippen MR) is 91.7 cm³/mol. The van der Waals surface area contributed by atoms with Gasteiger partial charge in [-0.1, -0.05) is 31.2 Å². The molecule has 0 atom stereocenters. The molecule has 120 valence electrons. The number of aliphatic hydroxyl groups excluding tert-OH is 1. The molecule has 0 aliphatic rings. The van der Waals surface area contributed by atoms with Gasteiger partial charge in [0.05, 0.1) is 13.2 Å². The van der Waals surface area contributed by atoms with E-state index >= 15 is 0 Å². The monoisotopic (exact) mass is 312 g/mol. The Labute approximate surface area is 134 Å². The lowest BCUT2D eigenvalue weighted by atomic mass is 10.1. The first kappa shape index (κ1) is 15.5. The molecule has 0 radical (unpaired) electrons. The molecule has 5 heteroatoms. The van der Waals surface area contributed by atoms with Gasteiger partial charge in [-0.3, -0.25) is 4.79 Å². The molecule has 0 aliphatic carbocycles. The fourth-order valence-corrected chi connectivity index (χ4v) is 2.79. The fraction of sp³-hybridized carbons (Fsp3) is 0.278.